The molecule has 4 heteroatoms. The Morgan fingerprint density at radius 1 is 1.62 bits per heavy atom. The molecule has 0 fully saturated rings. The van der Waals surface area contributed by atoms with Gasteiger partial charge in [0, 0.05) is 0 Å². The van der Waals surface area contributed by atoms with Gasteiger partial charge in [-0.05, 0) is 6.92 Å². The van der Waals surface area contributed by atoms with Crippen LogP contribution in [0.25, 0.3) is 0 Å². The largest absolute Gasteiger partial charge is 0.452 e. The molecule has 0 rings (SSSR count). The quantitative estimate of drug-likeness (QED) is 0.369. The Balaban J connectivity index is 3.40. The van der Waals surface area contributed by atoms with Crippen LogP contribution in [0, 0.1) is 0 Å². The molecule has 3 nitrogen and oxygen atoms in total. The molecule has 1 amide bonds. The van der Waals surface area contributed by atoms with Gasteiger partial charge < -0.3 is 4.30 Å². The van der Waals surface area contributed by atoms with Crippen molar-refractivity contribution in [1.82, 2.24) is 4.30 Å². The molecule has 0 radical (unpaired) electrons. The summed E-state index contributed by atoms with van der Waals surface area (Å²) in [6.07, 6.45) is 0.0312. The fraction of sp³-hybridized carbons (Fsp3) is 0.500. The lowest BCUT2D eigenvalue weighted by Crippen LogP contribution is -2.21. The van der Waals surface area contributed by atoms with E-state index < -0.39 is 0 Å². The third-order valence-corrected chi connectivity index (χ3v) is 1.25. The monoisotopic (exact) mass is 129 g/mol. The average Bonchev–Trinajstić information content (AvgIpc) is 1.65. The number of nitrogens with one attached hydrogen (secondary N) is 1. The van der Waals surface area contributed by atoms with Gasteiger partial charge in [0.2, 0.25) is 5.91 Å². The first-order chi connectivity index (χ1) is 3.66. The van der Waals surface area contributed by atoms with E-state index in [4.69, 9.17) is 0 Å². The lowest BCUT2D eigenvalue weighted by atomic mass is 10.3. The summed E-state index contributed by atoms with van der Waals surface area (Å²) in [5, 5.41) is 0. The molecule has 0 unspecified atom stereocenters. The molecule has 0 spiro atoms. The average molecular weight is 129 g/mol. The molecule has 0 aromatic rings. The first-order valence-corrected chi connectivity index (χ1v) is 3.37. The van der Waals surface area contributed by atoms with Crippen molar-refractivity contribution in [3.63, 3.8) is 0 Å². The van der Waals surface area contributed by atoms with E-state index in [1.807, 2.05) is 0 Å². The lowest BCUT2D eigenvalue weighted by molar-refractivity contribution is -0.126. The maximum absolute atomic E-state index is 10.3. The van der Waals surface area contributed by atoms with Crippen molar-refractivity contribution < 1.29 is 9.59 Å². The number of ketones is 1. The number of hydrogen-bond acceptors (Lipinski definition) is 2. The molecule has 0 saturated carbocycles. The van der Waals surface area contributed by atoms with E-state index in [0.717, 1.165) is 0 Å². The Bertz CT molecular complexity index is 113. The minimum absolute atomic E-state index is 0.0312. The van der Waals surface area contributed by atoms with Gasteiger partial charge in [-0.1, -0.05) is 0 Å². The first-order valence-electron chi connectivity index (χ1n) is 2.37. The van der Waals surface area contributed by atoms with E-state index in [9.17, 15) is 9.59 Å². The molecular weight excluding hydrogens is 121 g/mol. The van der Waals surface area contributed by atoms with E-state index >= 15 is 0 Å². The van der Waals surface area contributed by atoms with E-state index in [1.54, 1.807) is 0 Å². The summed E-state index contributed by atoms with van der Waals surface area (Å²) in [6, 6.07) is 0. The van der Waals surface area contributed by atoms with Gasteiger partial charge in [0.1, 0.15) is 5.78 Å². The molecule has 44 valence electrons. The van der Waals surface area contributed by atoms with Crippen molar-refractivity contribution in [1.29, 1.82) is 0 Å². The second-order valence-corrected chi connectivity index (χ2v) is 2.05. The van der Waals surface area contributed by atoms with Gasteiger partial charge in [-0.15, -0.1) is 0 Å². The topological polar surface area (TPSA) is 46.2 Å². The first kappa shape index (κ1) is 7.67. The van der Waals surface area contributed by atoms with Crippen molar-refractivity contribution in [2.75, 3.05) is 0 Å². The summed E-state index contributed by atoms with van der Waals surface area (Å²) in [5.74, 6) is -0.248. The van der Waals surface area contributed by atoms with Crippen LogP contribution in [0.1, 0.15) is 13.3 Å². The van der Waals surface area contributed by atoms with Gasteiger partial charge in [0.15, 0.2) is 0 Å². The van der Waals surface area contributed by atoms with Gasteiger partial charge in [-0.2, -0.15) is 0 Å². The summed E-state index contributed by atoms with van der Waals surface area (Å²) < 4.78 is 2.48. The predicted molar refractivity (Wildman–Crippen MR) is 32.0 cm³/mol. The standard InChI is InChI=1S/C4H7NO2.Al.2H/c1-3(6)2-4(5)7;;;/h2H2,1H3,(H2,5,7);;;/q;+1;;/p-1. The molecule has 0 aliphatic heterocycles. The molecule has 0 aliphatic rings. The SMILES string of the molecule is CC(=O)CC(=O)[NH][AlH2]. The third-order valence-electron chi connectivity index (χ3n) is 0.688. The normalized spacial score (nSPS) is 8.12. The summed E-state index contributed by atoms with van der Waals surface area (Å²) in [6.45, 7) is 1.40. The highest BCUT2D eigenvalue weighted by molar-refractivity contribution is 6.16. The number of carbonyl (C=O) groups is 2. The van der Waals surface area contributed by atoms with Crippen molar-refractivity contribution in [3.8, 4) is 0 Å². The van der Waals surface area contributed by atoms with Crippen molar-refractivity contribution in [2.45, 2.75) is 13.3 Å². The molecule has 0 saturated heterocycles. The van der Waals surface area contributed by atoms with E-state index in [0.29, 0.717) is 16.5 Å². The third kappa shape index (κ3) is 3.85. The van der Waals surface area contributed by atoms with Crippen LogP contribution >= 0.6 is 0 Å². The number of hydrogen-bond donors (Lipinski definition) is 1. The van der Waals surface area contributed by atoms with Crippen LogP contribution in [0.15, 0.2) is 0 Å². The molecule has 8 heavy (non-hydrogen) atoms. The second-order valence-electron chi connectivity index (χ2n) is 1.55. The zero-order valence-electron chi connectivity index (χ0n) is 5.02. The Kier molecular flexibility index (Phi) is 3.50. The van der Waals surface area contributed by atoms with Crippen molar-refractivity contribution in [3.05, 3.63) is 0 Å². The van der Waals surface area contributed by atoms with Gasteiger partial charge in [0.25, 0.3) is 0 Å². The molecular formula is C4H8AlNO2. The van der Waals surface area contributed by atoms with Crippen LogP contribution in [0.4, 0.5) is 0 Å². The van der Waals surface area contributed by atoms with Crippen LogP contribution in [0.5, 0.6) is 0 Å². The predicted octanol–water partition coefficient (Wildman–Crippen LogP) is -1.37. The van der Waals surface area contributed by atoms with Crippen molar-refractivity contribution >= 4 is 28.2 Å². The second kappa shape index (κ2) is 3.65. The Labute approximate surface area is 56.1 Å². The number of carbonyl (C=O) groups excluding carboxylic acids is 2. The maximum Gasteiger partial charge on any atom is 0.364 e. The fourth-order valence-corrected chi connectivity index (χ4v) is 0.491. The molecule has 1 N–H and O–H groups in total. The van der Waals surface area contributed by atoms with Crippen molar-refractivity contribution in [2.24, 2.45) is 0 Å². The summed E-state index contributed by atoms with van der Waals surface area (Å²) in [4.78, 5) is 20.5. The molecule has 0 bridgehead atoms. The van der Waals surface area contributed by atoms with Gasteiger partial charge in [-0.3, -0.25) is 9.59 Å². The molecule has 0 aliphatic carbocycles. The maximum atomic E-state index is 10.3. The fourth-order valence-electron chi connectivity index (χ4n) is 0.314. The molecule has 0 aromatic heterocycles. The highest BCUT2D eigenvalue weighted by Gasteiger charge is 1.98. The Morgan fingerprint density at radius 2 is 2.12 bits per heavy atom. The smallest absolute Gasteiger partial charge is 0.364 e. The minimum atomic E-state index is -0.163. The minimum Gasteiger partial charge on any atom is -0.452 e. The van der Waals surface area contributed by atoms with Gasteiger partial charge in [-0.25, -0.2) is 0 Å². The summed E-state index contributed by atoms with van der Waals surface area (Å²) in [7, 11) is 0. The summed E-state index contributed by atoms with van der Waals surface area (Å²) >= 11 is 0.627. The Morgan fingerprint density at radius 3 is 2.25 bits per heavy atom. The molecule has 0 aromatic carbocycles. The highest BCUT2D eigenvalue weighted by atomic mass is 27.1. The van der Waals surface area contributed by atoms with Crippen LogP contribution in [0.3, 0.4) is 0 Å². The lowest BCUT2D eigenvalue weighted by Gasteiger charge is -1.92. The van der Waals surface area contributed by atoms with E-state index in [2.05, 4.69) is 4.30 Å². The zero-order chi connectivity index (χ0) is 6.57. The molecule has 0 atom stereocenters. The van der Waals surface area contributed by atoms with Gasteiger partial charge in [0.05, 0.1) is 6.42 Å². The zero-order valence-corrected chi connectivity index (χ0v) is 7.02. The van der Waals surface area contributed by atoms with Crippen LogP contribution in [-0.4, -0.2) is 28.2 Å². The van der Waals surface area contributed by atoms with Crippen LogP contribution in [0.2, 0.25) is 0 Å². The number of Topliss-reactive ketones (excluding diaryl/α,β-unsaturated/α-hetero) is 1. The van der Waals surface area contributed by atoms with E-state index in [1.165, 1.54) is 6.92 Å². The van der Waals surface area contributed by atoms with Gasteiger partial charge >= 0.3 is 16.5 Å². The summed E-state index contributed by atoms with van der Waals surface area (Å²) in [5.41, 5.74) is 0. The van der Waals surface area contributed by atoms with E-state index in [-0.39, 0.29) is 18.1 Å². The molecule has 0 heterocycles. The number of rotatable bonds is 2. The Hall–Kier alpha value is -0.328. The van der Waals surface area contributed by atoms with Crippen LogP contribution < -0.4 is 4.30 Å². The van der Waals surface area contributed by atoms with Crippen LogP contribution in [-0.2, 0) is 9.59 Å². The highest BCUT2D eigenvalue weighted by Crippen LogP contribution is 1.77. The number of amides is 1.